The number of hydrogen-bond donors (Lipinski definition) is 1. The van der Waals surface area contributed by atoms with Crippen LogP contribution >= 0.6 is 0 Å². The van der Waals surface area contributed by atoms with Gasteiger partial charge in [0.25, 0.3) is 0 Å². The van der Waals surface area contributed by atoms with Gasteiger partial charge >= 0.3 is 5.97 Å². The summed E-state index contributed by atoms with van der Waals surface area (Å²) >= 11 is 0. The Morgan fingerprint density at radius 1 is 1.26 bits per heavy atom. The lowest BCUT2D eigenvalue weighted by atomic mass is 10.2. The van der Waals surface area contributed by atoms with Crippen LogP contribution in [0.15, 0.2) is 42.5 Å². The topological polar surface area (TPSA) is 77.2 Å². The Kier molecular flexibility index (Phi) is 3.44. The number of aromatic carboxylic acids is 1. The molecule has 0 saturated carbocycles. The van der Waals surface area contributed by atoms with Crippen LogP contribution < -0.4 is 4.90 Å². The molecule has 2 aromatic rings. The zero-order valence-electron chi connectivity index (χ0n) is 10.2. The van der Waals surface area contributed by atoms with Crippen LogP contribution in [0.3, 0.4) is 0 Å². The summed E-state index contributed by atoms with van der Waals surface area (Å²) < 4.78 is 0. The zero-order chi connectivity index (χ0) is 13.8. The summed E-state index contributed by atoms with van der Waals surface area (Å²) in [6.45, 7) is 0. The Morgan fingerprint density at radius 3 is 2.53 bits per heavy atom. The number of anilines is 2. The average molecular weight is 253 g/mol. The molecule has 0 unspecified atom stereocenters. The van der Waals surface area contributed by atoms with Crippen LogP contribution in [-0.2, 0) is 0 Å². The minimum Gasteiger partial charge on any atom is -0.477 e. The number of carbonyl (C=O) groups is 1. The molecule has 1 aromatic heterocycles. The lowest BCUT2D eigenvalue weighted by Crippen LogP contribution is -2.13. The largest absolute Gasteiger partial charge is 0.477 e. The maximum atomic E-state index is 10.9. The van der Waals surface area contributed by atoms with E-state index in [0.717, 1.165) is 5.69 Å². The molecule has 0 atom stereocenters. The fraction of sp³-hybridized carbons (Fsp3) is 0.0714. The van der Waals surface area contributed by atoms with Crippen molar-refractivity contribution < 1.29 is 9.90 Å². The van der Waals surface area contributed by atoms with E-state index in [1.807, 2.05) is 6.07 Å². The Bertz CT molecular complexity index is 644. The number of nitrogens with zero attached hydrogens (tertiary/aromatic N) is 3. The van der Waals surface area contributed by atoms with E-state index in [2.05, 4.69) is 4.98 Å². The first-order chi connectivity index (χ1) is 9.11. The molecule has 19 heavy (non-hydrogen) atoms. The molecule has 5 heteroatoms. The van der Waals surface area contributed by atoms with Crippen LogP contribution in [0.5, 0.6) is 0 Å². The summed E-state index contributed by atoms with van der Waals surface area (Å²) in [5.74, 6) is -0.528. The number of nitriles is 1. The molecular weight excluding hydrogens is 242 g/mol. The van der Waals surface area contributed by atoms with Gasteiger partial charge in [0.2, 0.25) is 0 Å². The van der Waals surface area contributed by atoms with Crippen LogP contribution in [0, 0.1) is 11.3 Å². The first-order valence-electron chi connectivity index (χ1n) is 5.56. The molecule has 1 heterocycles. The van der Waals surface area contributed by atoms with E-state index in [1.54, 1.807) is 48.3 Å². The van der Waals surface area contributed by atoms with E-state index in [-0.39, 0.29) is 5.69 Å². The predicted molar refractivity (Wildman–Crippen MR) is 70.4 cm³/mol. The van der Waals surface area contributed by atoms with Crippen molar-refractivity contribution in [3.8, 4) is 6.07 Å². The molecule has 0 amide bonds. The molecule has 94 valence electrons. The minimum atomic E-state index is -1.06. The molecule has 2 rings (SSSR count). The fourth-order valence-corrected chi connectivity index (χ4v) is 1.62. The molecule has 0 aliphatic rings. The highest BCUT2D eigenvalue weighted by molar-refractivity contribution is 5.86. The number of pyridine rings is 1. The van der Waals surface area contributed by atoms with Gasteiger partial charge in [0, 0.05) is 12.7 Å². The lowest BCUT2D eigenvalue weighted by Gasteiger charge is -2.18. The van der Waals surface area contributed by atoms with Crippen molar-refractivity contribution in [1.82, 2.24) is 4.98 Å². The highest BCUT2D eigenvalue weighted by atomic mass is 16.4. The van der Waals surface area contributed by atoms with Gasteiger partial charge in [-0.2, -0.15) is 5.26 Å². The van der Waals surface area contributed by atoms with E-state index >= 15 is 0 Å². The van der Waals surface area contributed by atoms with Crippen LogP contribution in [0.2, 0.25) is 0 Å². The Morgan fingerprint density at radius 2 is 1.95 bits per heavy atom. The molecule has 0 aliphatic heterocycles. The number of carboxylic acid groups (broad SMARTS) is 1. The maximum Gasteiger partial charge on any atom is 0.354 e. The van der Waals surface area contributed by atoms with Crippen LogP contribution in [0.1, 0.15) is 16.1 Å². The van der Waals surface area contributed by atoms with Gasteiger partial charge in [0.05, 0.1) is 11.6 Å². The minimum absolute atomic E-state index is 0.00186. The van der Waals surface area contributed by atoms with E-state index in [0.29, 0.717) is 11.4 Å². The number of carboxylic acids is 1. The third kappa shape index (κ3) is 2.69. The molecule has 0 radical (unpaired) electrons. The average Bonchev–Trinajstić information content (AvgIpc) is 2.46. The van der Waals surface area contributed by atoms with Gasteiger partial charge in [-0.25, -0.2) is 9.78 Å². The molecule has 1 aromatic carbocycles. The Balaban J connectivity index is 2.32. The van der Waals surface area contributed by atoms with Crippen LogP contribution in [-0.4, -0.2) is 23.1 Å². The van der Waals surface area contributed by atoms with Crippen molar-refractivity contribution >= 4 is 17.5 Å². The van der Waals surface area contributed by atoms with Gasteiger partial charge in [-0.1, -0.05) is 6.07 Å². The Hall–Kier alpha value is -2.87. The highest BCUT2D eigenvalue weighted by Gasteiger charge is 2.09. The lowest BCUT2D eigenvalue weighted by molar-refractivity contribution is 0.0690. The third-order valence-corrected chi connectivity index (χ3v) is 2.68. The molecule has 0 bridgehead atoms. The molecule has 0 spiro atoms. The second-order valence-corrected chi connectivity index (χ2v) is 3.90. The van der Waals surface area contributed by atoms with Crippen molar-refractivity contribution in [3.63, 3.8) is 0 Å². The normalized spacial score (nSPS) is 9.68. The van der Waals surface area contributed by atoms with E-state index in [1.165, 1.54) is 6.07 Å². The van der Waals surface area contributed by atoms with Crippen LogP contribution in [0.4, 0.5) is 11.5 Å². The quantitative estimate of drug-likeness (QED) is 0.908. The SMILES string of the molecule is CN(c1ccc(C#N)cc1)c1cccc(C(=O)O)n1. The van der Waals surface area contributed by atoms with Crippen LogP contribution in [0.25, 0.3) is 0 Å². The second-order valence-electron chi connectivity index (χ2n) is 3.90. The molecule has 0 saturated heterocycles. The zero-order valence-corrected chi connectivity index (χ0v) is 10.2. The summed E-state index contributed by atoms with van der Waals surface area (Å²) in [6, 6.07) is 13.8. The van der Waals surface area contributed by atoms with Gasteiger partial charge in [-0.05, 0) is 36.4 Å². The van der Waals surface area contributed by atoms with Crippen molar-refractivity contribution in [2.45, 2.75) is 0 Å². The molecule has 1 N–H and O–H groups in total. The highest BCUT2D eigenvalue weighted by Crippen LogP contribution is 2.22. The van der Waals surface area contributed by atoms with E-state index < -0.39 is 5.97 Å². The summed E-state index contributed by atoms with van der Waals surface area (Å²) in [4.78, 5) is 16.7. The summed E-state index contributed by atoms with van der Waals surface area (Å²) in [5, 5.41) is 17.7. The van der Waals surface area contributed by atoms with Crippen molar-refractivity contribution in [2.24, 2.45) is 0 Å². The smallest absolute Gasteiger partial charge is 0.354 e. The summed E-state index contributed by atoms with van der Waals surface area (Å²) in [6.07, 6.45) is 0. The summed E-state index contributed by atoms with van der Waals surface area (Å²) in [7, 11) is 1.79. The maximum absolute atomic E-state index is 10.9. The predicted octanol–water partition coefficient (Wildman–Crippen LogP) is 2.42. The van der Waals surface area contributed by atoms with Gasteiger partial charge in [-0.15, -0.1) is 0 Å². The third-order valence-electron chi connectivity index (χ3n) is 2.68. The van der Waals surface area contributed by atoms with Gasteiger partial charge in [0.15, 0.2) is 5.69 Å². The monoisotopic (exact) mass is 253 g/mol. The van der Waals surface area contributed by atoms with Gasteiger partial charge in [-0.3, -0.25) is 0 Å². The van der Waals surface area contributed by atoms with Gasteiger partial charge in [0.1, 0.15) is 5.82 Å². The number of rotatable bonds is 3. The number of aromatic nitrogens is 1. The summed E-state index contributed by atoms with van der Waals surface area (Å²) in [5.41, 5.74) is 1.40. The van der Waals surface area contributed by atoms with E-state index in [9.17, 15) is 4.79 Å². The second kappa shape index (κ2) is 5.19. The number of benzene rings is 1. The first kappa shape index (κ1) is 12.6. The van der Waals surface area contributed by atoms with Crippen molar-refractivity contribution in [2.75, 3.05) is 11.9 Å². The first-order valence-corrected chi connectivity index (χ1v) is 5.56. The Labute approximate surface area is 110 Å². The molecule has 0 fully saturated rings. The van der Waals surface area contributed by atoms with Gasteiger partial charge < -0.3 is 10.0 Å². The number of hydrogen-bond acceptors (Lipinski definition) is 4. The van der Waals surface area contributed by atoms with Crippen molar-refractivity contribution in [3.05, 3.63) is 53.7 Å². The fourth-order valence-electron chi connectivity index (χ4n) is 1.62. The molecule has 5 nitrogen and oxygen atoms in total. The standard InChI is InChI=1S/C14H11N3O2/c1-17(11-7-5-10(9-15)6-8-11)13-4-2-3-12(16-13)14(18)19/h2-8H,1H3,(H,18,19). The van der Waals surface area contributed by atoms with E-state index in [4.69, 9.17) is 10.4 Å². The van der Waals surface area contributed by atoms with Crippen molar-refractivity contribution in [1.29, 1.82) is 5.26 Å². The molecule has 0 aliphatic carbocycles. The molecular formula is C14H11N3O2.